The smallest absolute Gasteiger partial charge is 0.329 e. The van der Waals surface area contributed by atoms with E-state index in [2.05, 4.69) is 20.2 Å². The summed E-state index contributed by atoms with van der Waals surface area (Å²) in [7, 11) is 3.09. The van der Waals surface area contributed by atoms with Crippen LogP contribution in [0.15, 0.2) is 15.7 Å². The Labute approximate surface area is 165 Å². The third-order valence-electron chi connectivity index (χ3n) is 5.08. The number of hydrogen-bond donors (Lipinski definition) is 1. The first kappa shape index (κ1) is 19.0. The number of aromatic amines is 1. The summed E-state index contributed by atoms with van der Waals surface area (Å²) in [6.45, 7) is 4.70. The van der Waals surface area contributed by atoms with Gasteiger partial charge < -0.3 is 14.2 Å². The van der Waals surface area contributed by atoms with Gasteiger partial charge in [-0.3, -0.25) is 19.1 Å². The number of amides is 1. The molecule has 1 aliphatic rings. The fourth-order valence-electron chi connectivity index (χ4n) is 3.80. The number of rotatable bonds is 3. The number of aromatic nitrogens is 6. The molecule has 0 radical (unpaired) electrons. The Bertz CT molecular complexity index is 1240. The van der Waals surface area contributed by atoms with Gasteiger partial charge in [-0.15, -0.1) is 10.2 Å². The van der Waals surface area contributed by atoms with Gasteiger partial charge in [0.15, 0.2) is 11.6 Å². The molecule has 1 N–H and O–H groups in total. The van der Waals surface area contributed by atoms with E-state index in [-0.39, 0.29) is 35.1 Å². The molecule has 4 rings (SSSR count). The molecule has 0 unspecified atom stereocenters. The standard InChI is InChI=1S/C18H21N7O4/c1-9-5-11(14-15(19-9)23(3)18(28)20-16(14)26)17(27)24-6-10(2)25-12(7-24)21-22-13(25)8-29-4/h5,10H,6-8H2,1-4H3,(H,20,26,28)/t10-/m0/s1. The Hall–Kier alpha value is -3.34. The van der Waals surface area contributed by atoms with E-state index in [9.17, 15) is 14.4 Å². The molecule has 152 valence electrons. The molecule has 0 aromatic carbocycles. The molecule has 0 saturated heterocycles. The number of hydrogen-bond acceptors (Lipinski definition) is 7. The maximum Gasteiger partial charge on any atom is 0.329 e. The van der Waals surface area contributed by atoms with Gasteiger partial charge in [-0.1, -0.05) is 0 Å². The summed E-state index contributed by atoms with van der Waals surface area (Å²) in [4.78, 5) is 46.0. The molecule has 3 aromatic rings. The van der Waals surface area contributed by atoms with Crippen LogP contribution in [-0.4, -0.2) is 53.8 Å². The monoisotopic (exact) mass is 399 g/mol. The van der Waals surface area contributed by atoms with Crippen LogP contribution in [0.1, 0.15) is 40.7 Å². The number of carbonyl (C=O) groups is 1. The van der Waals surface area contributed by atoms with Crippen molar-refractivity contribution in [3.63, 3.8) is 0 Å². The number of methoxy groups -OCH3 is 1. The van der Waals surface area contributed by atoms with Gasteiger partial charge in [0, 0.05) is 26.4 Å². The minimum Gasteiger partial charge on any atom is -0.377 e. The second kappa shape index (κ2) is 6.92. The van der Waals surface area contributed by atoms with E-state index >= 15 is 0 Å². The van der Waals surface area contributed by atoms with Crippen LogP contribution in [0, 0.1) is 6.92 Å². The molecule has 0 aliphatic carbocycles. The zero-order valence-corrected chi connectivity index (χ0v) is 16.6. The van der Waals surface area contributed by atoms with Crippen molar-refractivity contribution in [3.8, 4) is 0 Å². The molecule has 0 fully saturated rings. The number of aryl methyl sites for hydroxylation is 2. The van der Waals surface area contributed by atoms with Crippen molar-refractivity contribution >= 4 is 16.9 Å². The minimum absolute atomic E-state index is 0.0558. The topological polar surface area (TPSA) is 128 Å². The van der Waals surface area contributed by atoms with Gasteiger partial charge in [0.05, 0.1) is 23.5 Å². The van der Waals surface area contributed by atoms with E-state index in [4.69, 9.17) is 4.74 Å². The largest absolute Gasteiger partial charge is 0.377 e. The third-order valence-corrected chi connectivity index (χ3v) is 5.08. The maximum absolute atomic E-state index is 13.4. The first-order valence-electron chi connectivity index (χ1n) is 9.13. The van der Waals surface area contributed by atoms with Gasteiger partial charge >= 0.3 is 5.69 Å². The number of carbonyl (C=O) groups excluding carboxylic acids is 1. The van der Waals surface area contributed by atoms with Crippen molar-refractivity contribution in [2.24, 2.45) is 7.05 Å². The molecule has 1 aliphatic heterocycles. The van der Waals surface area contributed by atoms with E-state index in [1.165, 1.54) is 11.6 Å². The van der Waals surface area contributed by atoms with Gasteiger partial charge in [0.2, 0.25) is 0 Å². The van der Waals surface area contributed by atoms with Crippen molar-refractivity contribution in [1.82, 2.24) is 34.2 Å². The molecule has 1 amide bonds. The molecule has 3 aromatic heterocycles. The predicted octanol–water partition coefficient (Wildman–Crippen LogP) is -0.115. The van der Waals surface area contributed by atoms with Crippen LogP contribution >= 0.6 is 0 Å². The Morgan fingerprint density at radius 3 is 2.83 bits per heavy atom. The van der Waals surface area contributed by atoms with Gasteiger partial charge in [0.25, 0.3) is 11.5 Å². The van der Waals surface area contributed by atoms with Crippen LogP contribution in [0.2, 0.25) is 0 Å². The Morgan fingerprint density at radius 2 is 2.10 bits per heavy atom. The molecule has 11 heteroatoms. The van der Waals surface area contributed by atoms with Crippen LogP contribution in [0.4, 0.5) is 0 Å². The Morgan fingerprint density at radius 1 is 1.34 bits per heavy atom. The average Bonchev–Trinajstić information content (AvgIpc) is 3.08. The predicted molar refractivity (Wildman–Crippen MR) is 103 cm³/mol. The molecule has 1 atom stereocenters. The first-order chi connectivity index (χ1) is 13.8. The average molecular weight is 399 g/mol. The fourth-order valence-corrected chi connectivity index (χ4v) is 3.80. The molecule has 29 heavy (non-hydrogen) atoms. The van der Waals surface area contributed by atoms with Crippen LogP contribution in [0.3, 0.4) is 0 Å². The maximum atomic E-state index is 13.4. The van der Waals surface area contributed by atoms with E-state index < -0.39 is 11.2 Å². The normalized spacial score (nSPS) is 16.3. The van der Waals surface area contributed by atoms with Crippen molar-refractivity contribution < 1.29 is 9.53 Å². The summed E-state index contributed by atoms with van der Waals surface area (Å²) in [6, 6.07) is 1.52. The van der Waals surface area contributed by atoms with Gasteiger partial charge in [-0.25, -0.2) is 9.78 Å². The summed E-state index contributed by atoms with van der Waals surface area (Å²) in [5, 5.41) is 8.44. The summed E-state index contributed by atoms with van der Waals surface area (Å²) >= 11 is 0. The molecule has 0 bridgehead atoms. The minimum atomic E-state index is -0.630. The zero-order chi connectivity index (χ0) is 20.9. The highest BCUT2D eigenvalue weighted by atomic mass is 16.5. The highest BCUT2D eigenvalue weighted by Gasteiger charge is 2.31. The van der Waals surface area contributed by atoms with Gasteiger partial charge in [-0.2, -0.15) is 0 Å². The number of pyridine rings is 1. The van der Waals surface area contributed by atoms with Crippen molar-refractivity contribution in [1.29, 1.82) is 0 Å². The summed E-state index contributed by atoms with van der Waals surface area (Å²) < 4.78 is 8.36. The van der Waals surface area contributed by atoms with Crippen molar-refractivity contribution in [2.45, 2.75) is 33.0 Å². The van der Waals surface area contributed by atoms with Gasteiger partial charge in [0.1, 0.15) is 12.3 Å². The number of H-pyrrole nitrogens is 1. The van der Waals surface area contributed by atoms with E-state index in [1.807, 2.05) is 11.5 Å². The number of nitrogens with one attached hydrogen (secondary N) is 1. The van der Waals surface area contributed by atoms with Crippen LogP contribution in [-0.2, 0) is 24.9 Å². The van der Waals surface area contributed by atoms with Crippen molar-refractivity contribution in [2.75, 3.05) is 13.7 Å². The van der Waals surface area contributed by atoms with E-state index in [0.29, 0.717) is 30.5 Å². The number of fused-ring (bicyclic) bond motifs is 2. The second-order valence-electron chi connectivity index (χ2n) is 7.20. The van der Waals surface area contributed by atoms with E-state index in [0.717, 1.165) is 0 Å². The van der Waals surface area contributed by atoms with Gasteiger partial charge in [-0.05, 0) is 19.9 Å². The second-order valence-corrected chi connectivity index (χ2v) is 7.20. The van der Waals surface area contributed by atoms with Crippen molar-refractivity contribution in [3.05, 3.63) is 49.8 Å². The lowest BCUT2D eigenvalue weighted by Crippen LogP contribution is -2.41. The molecule has 0 saturated carbocycles. The third kappa shape index (κ3) is 3.03. The number of ether oxygens (including phenoxy) is 1. The lowest BCUT2D eigenvalue weighted by atomic mass is 10.1. The highest BCUT2D eigenvalue weighted by molar-refractivity contribution is 6.05. The molecule has 0 spiro atoms. The first-order valence-corrected chi connectivity index (χ1v) is 9.13. The van der Waals surface area contributed by atoms with Crippen LogP contribution in [0.25, 0.3) is 11.0 Å². The molecular weight excluding hydrogens is 378 g/mol. The summed E-state index contributed by atoms with van der Waals surface area (Å²) in [5.74, 6) is 1.04. The zero-order valence-electron chi connectivity index (χ0n) is 16.6. The molecule has 4 heterocycles. The molecule has 11 nitrogen and oxygen atoms in total. The van der Waals surface area contributed by atoms with Crippen LogP contribution in [0.5, 0.6) is 0 Å². The highest BCUT2D eigenvalue weighted by Crippen LogP contribution is 2.24. The fraction of sp³-hybridized carbons (Fsp3) is 0.444. The quantitative estimate of drug-likeness (QED) is 0.650. The Balaban J connectivity index is 1.80. The molecular formula is C18H21N7O4. The van der Waals surface area contributed by atoms with Crippen LogP contribution < -0.4 is 11.2 Å². The summed E-state index contributed by atoms with van der Waals surface area (Å²) in [6.07, 6.45) is 0. The lowest BCUT2D eigenvalue weighted by molar-refractivity contribution is 0.0676. The SMILES string of the molecule is COCc1nnc2n1[C@@H](C)CN(C(=O)c1cc(C)nc3c1c(=O)[nH]c(=O)n3C)C2. The van der Waals surface area contributed by atoms with E-state index in [1.54, 1.807) is 25.0 Å². The summed E-state index contributed by atoms with van der Waals surface area (Å²) in [5.41, 5.74) is -0.282. The number of nitrogens with zero attached hydrogens (tertiary/aromatic N) is 6. The lowest BCUT2D eigenvalue weighted by Gasteiger charge is -2.32. The Kier molecular flexibility index (Phi) is 4.53.